The maximum atomic E-state index is 13.5. The van der Waals surface area contributed by atoms with Crippen LogP contribution in [0.2, 0.25) is 0 Å². The second-order valence-corrected chi connectivity index (χ2v) is 11.1. The molecule has 1 N–H and O–H groups in total. The van der Waals surface area contributed by atoms with E-state index in [1.165, 1.54) is 5.56 Å². The van der Waals surface area contributed by atoms with Crippen LogP contribution in [-0.4, -0.2) is 20.1 Å². The first-order valence-corrected chi connectivity index (χ1v) is 13.4. The first-order valence-electron chi connectivity index (χ1n) is 11.9. The molecule has 0 amide bonds. The van der Waals surface area contributed by atoms with Crippen molar-refractivity contribution in [3.05, 3.63) is 94.5 Å². The Hall–Kier alpha value is -3.77. The average Bonchev–Trinajstić information content (AvgIpc) is 3.18. The number of nitrogens with one attached hydrogen (secondary N) is 1. The van der Waals surface area contributed by atoms with Crippen LogP contribution in [0.25, 0.3) is 27.5 Å². The third-order valence-corrected chi connectivity index (χ3v) is 8.28. The zero-order valence-corrected chi connectivity index (χ0v) is 22.2. The number of aryl methyl sites for hydroxylation is 4. The van der Waals surface area contributed by atoms with Gasteiger partial charge in [0.2, 0.25) is 0 Å². The zero-order valence-electron chi connectivity index (χ0n) is 21.4. The number of ether oxygens (including phenoxy) is 1. The fourth-order valence-electron chi connectivity index (χ4n) is 5.21. The number of benzene rings is 4. The Morgan fingerprint density at radius 2 is 1.47 bits per heavy atom. The molecule has 0 saturated carbocycles. The summed E-state index contributed by atoms with van der Waals surface area (Å²) >= 11 is 0. The maximum absolute atomic E-state index is 13.5. The van der Waals surface area contributed by atoms with E-state index >= 15 is 0 Å². The molecule has 4 aromatic carbocycles. The number of hydrogen-bond donors (Lipinski definition) is 1. The van der Waals surface area contributed by atoms with Gasteiger partial charge in [0.05, 0.1) is 34.4 Å². The monoisotopic (exact) mass is 498 g/mol. The highest BCUT2D eigenvalue weighted by Crippen LogP contribution is 2.42. The third kappa shape index (κ3) is 3.73. The van der Waals surface area contributed by atoms with E-state index in [9.17, 15) is 8.42 Å². The predicted octanol–water partition coefficient (Wildman–Crippen LogP) is 7.14. The summed E-state index contributed by atoms with van der Waals surface area (Å²) in [7, 11) is -2.18. The number of hydrogen-bond acceptors (Lipinski definition) is 3. The standard InChI is InChI=1S/C30H30N2O3S/c1-18-11-15-23(16-12-18)36(33,34)31-25-17-21(4)30(35-6)22(5)29(25)32-26-10-8-7-9-24(26)27-19(2)13-14-20(3)28(27)32/h7-17,31H,1-6H3. The normalized spacial score (nSPS) is 11.8. The topological polar surface area (TPSA) is 60.3 Å². The largest absolute Gasteiger partial charge is 0.496 e. The fraction of sp³-hybridized carbons (Fsp3) is 0.200. The summed E-state index contributed by atoms with van der Waals surface area (Å²) < 4.78 is 37.9. The summed E-state index contributed by atoms with van der Waals surface area (Å²) in [6.45, 7) is 10.1. The quantitative estimate of drug-likeness (QED) is 0.280. The van der Waals surface area contributed by atoms with Gasteiger partial charge in [0, 0.05) is 16.3 Å². The summed E-state index contributed by atoms with van der Waals surface area (Å²) in [5.41, 5.74) is 8.33. The Labute approximate surface area is 212 Å². The van der Waals surface area contributed by atoms with Crippen LogP contribution in [0, 0.1) is 34.6 Å². The molecule has 6 heteroatoms. The van der Waals surface area contributed by atoms with Crippen molar-refractivity contribution in [2.24, 2.45) is 0 Å². The van der Waals surface area contributed by atoms with Crippen LogP contribution in [-0.2, 0) is 10.0 Å². The zero-order chi connectivity index (χ0) is 25.8. The van der Waals surface area contributed by atoms with Gasteiger partial charge >= 0.3 is 0 Å². The second-order valence-electron chi connectivity index (χ2n) is 9.44. The van der Waals surface area contributed by atoms with Crippen LogP contribution < -0.4 is 9.46 Å². The molecule has 0 bridgehead atoms. The molecule has 5 rings (SSSR count). The summed E-state index contributed by atoms with van der Waals surface area (Å²) in [5.74, 6) is 0.736. The SMILES string of the molecule is COc1c(C)cc(NS(=O)(=O)c2ccc(C)cc2)c(-n2c3ccccc3c3c(C)ccc(C)c32)c1C. The molecule has 0 aliphatic rings. The van der Waals surface area contributed by atoms with E-state index < -0.39 is 10.0 Å². The molecular weight excluding hydrogens is 468 g/mol. The van der Waals surface area contributed by atoms with E-state index in [1.54, 1.807) is 31.4 Å². The minimum atomic E-state index is -3.83. The van der Waals surface area contributed by atoms with Gasteiger partial charge in [0.25, 0.3) is 10.0 Å². The van der Waals surface area contributed by atoms with Crippen molar-refractivity contribution in [2.75, 3.05) is 11.8 Å². The van der Waals surface area contributed by atoms with Crippen LogP contribution >= 0.6 is 0 Å². The maximum Gasteiger partial charge on any atom is 0.261 e. The molecule has 0 fully saturated rings. The van der Waals surface area contributed by atoms with Crippen molar-refractivity contribution < 1.29 is 13.2 Å². The minimum Gasteiger partial charge on any atom is -0.496 e. The summed E-state index contributed by atoms with van der Waals surface area (Å²) in [5, 5.41) is 2.29. The van der Waals surface area contributed by atoms with Crippen LogP contribution in [0.1, 0.15) is 27.8 Å². The van der Waals surface area contributed by atoms with Gasteiger partial charge in [-0.05, 0) is 75.6 Å². The van der Waals surface area contributed by atoms with Crippen molar-refractivity contribution in [1.29, 1.82) is 0 Å². The lowest BCUT2D eigenvalue weighted by Crippen LogP contribution is -2.16. The van der Waals surface area contributed by atoms with Gasteiger partial charge in [-0.3, -0.25) is 4.72 Å². The molecule has 0 aliphatic heterocycles. The van der Waals surface area contributed by atoms with Gasteiger partial charge < -0.3 is 9.30 Å². The third-order valence-electron chi connectivity index (χ3n) is 6.90. The van der Waals surface area contributed by atoms with E-state index in [-0.39, 0.29) is 4.90 Å². The highest BCUT2D eigenvalue weighted by atomic mass is 32.2. The summed E-state index contributed by atoms with van der Waals surface area (Å²) in [4.78, 5) is 0.222. The minimum absolute atomic E-state index is 0.222. The second kappa shape index (κ2) is 8.71. The molecule has 5 aromatic rings. The lowest BCUT2D eigenvalue weighted by atomic mass is 10.0. The van der Waals surface area contributed by atoms with E-state index in [4.69, 9.17) is 4.74 Å². The Balaban J connectivity index is 1.88. The average molecular weight is 499 g/mol. The van der Waals surface area contributed by atoms with Gasteiger partial charge in [-0.1, -0.05) is 48.0 Å². The van der Waals surface area contributed by atoms with E-state index in [0.29, 0.717) is 5.69 Å². The number of para-hydroxylation sites is 1. The van der Waals surface area contributed by atoms with Crippen molar-refractivity contribution in [2.45, 2.75) is 39.5 Å². The van der Waals surface area contributed by atoms with Crippen LogP contribution in [0.4, 0.5) is 5.69 Å². The van der Waals surface area contributed by atoms with Crippen LogP contribution in [0.15, 0.2) is 71.6 Å². The first kappa shape index (κ1) is 23.9. The molecule has 36 heavy (non-hydrogen) atoms. The molecule has 0 unspecified atom stereocenters. The fourth-order valence-corrected chi connectivity index (χ4v) is 6.27. The smallest absolute Gasteiger partial charge is 0.261 e. The number of sulfonamides is 1. The lowest BCUT2D eigenvalue weighted by Gasteiger charge is -2.22. The highest BCUT2D eigenvalue weighted by Gasteiger charge is 2.24. The van der Waals surface area contributed by atoms with Gasteiger partial charge in [-0.25, -0.2) is 8.42 Å². The predicted molar refractivity (Wildman–Crippen MR) is 148 cm³/mol. The van der Waals surface area contributed by atoms with Crippen molar-refractivity contribution in [3.8, 4) is 11.4 Å². The number of fused-ring (bicyclic) bond motifs is 3. The summed E-state index contributed by atoms with van der Waals surface area (Å²) in [6, 6.07) is 21.2. The molecule has 0 spiro atoms. The summed E-state index contributed by atoms with van der Waals surface area (Å²) in [6.07, 6.45) is 0. The molecule has 184 valence electrons. The Morgan fingerprint density at radius 3 is 2.17 bits per heavy atom. The number of rotatable bonds is 5. The Morgan fingerprint density at radius 1 is 0.806 bits per heavy atom. The van der Waals surface area contributed by atoms with Gasteiger partial charge in [-0.2, -0.15) is 0 Å². The molecule has 5 nitrogen and oxygen atoms in total. The van der Waals surface area contributed by atoms with Crippen LogP contribution in [0.3, 0.4) is 0 Å². The van der Waals surface area contributed by atoms with Gasteiger partial charge in [0.1, 0.15) is 5.75 Å². The van der Waals surface area contributed by atoms with Crippen molar-refractivity contribution in [1.82, 2.24) is 4.57 Å². The van der Waals surface area contributed by atoms with Gasteiger partial charge in [0.15, 0.2) is 0 Å². The lowest BCUT2D eigenvalue weighted by molar-refractivity contribution is 0.408. The van der Waals surface area contributed by atoms with Crippen molar-refractivity contribution >= 4 is 37.5 Å². The van der Waals surface area contributed by atoms with Gasteiger partial charge in [-0.15, -0.1) is 0 Å². The molecular formula is C30H30N2O3S. The Bertz CT molecular complexity index is 1750. The number of anilines is 1. The van der Waals surface area contributed by atoms with E-state index in [1.807, 2.05) is 39.0 Å². The number of methoxy groups -OCH3 is 1. The Kier molecular flexibility index (Phi) is 5.80. The number of aromatic nitrogens is 1. The first-order chi connectivity index (χ1) is 17.1. The number of nitrogens with zero attached hydrogens (tertiary/aromatic N) is 1. The molecule has 0 radical (unpaired) electrons. The molecule has 0 atom stereocenters. The highest BCUT2D eigenvalue weighted by molar-refractivity contribution is 7.92. The van der Waals surface area contributed by atoms with E-state index in [2.05, 4.69) is 47.4 Å². The molecule has 0 aliphatic carbocycles. The molecule has 1 heterocycles. The van der Waals surface area contributed by atoms with E-state index in [0.717, 1.165) is 55.5 Å². The van der Waals surface area contributed by atoms with Crippen LogP contribution in [0.5, 0.6) is 5.75 Å². The van der Waals surface area contributed by atoms with Crippen molar-refractivity contribution in [3.63, 3.8) is 0 Å². The molecule has 0 saturated heterocycles. The molecule has 1 aromatic heterocycles.